The van der Waals surface area contributed by atoms with Crippen LogP contribution in [0.1, 0.15) is 22.2 Å². The van der Waals surface area contributed by atoms with Crippen molar-refractivity contribution in [3.05, 3.63) is 80.1 Å². The minimum Gasteiger partial charge on any atom is -0.465 e. The van der Waals surface area contributed by atoms with Crippen LogP contribution in [0.2, 0.25) is 0 Å². The van der Waals surface area contributed by atoms with Gasteiger partial charge in [0.05, 0.1) is 24.4 Å². The maximum Gasteiger partial charge on any atom is 0.337 e. The number of esters is 1. The predicted octanol–water partition coefficient (Wildman–Crippen LogP) is 4.88. The zero-order valence-corrected chi connectivity index (χ0v) is 20.3. The van der Waals surface area contributed by atoms with Gasteiger partial charge in [0, 0.05) is 20.6 Å². The maximum atomic E-state index is 13.3. The van der Waals surface area contributed by atoms with Crippen LogP contribution in [-0.2, 0) is 22.5 Å². The first-order valence-electron chi connectivity index (χ1n) is 10.2. The number of nitrogens with zero attached hydrogens (tertiary/aromatic N) is 2. The lowest BCUT2D eigenvalue weighted by molar-refractivity contribution is -0.116. The van der Waals surface area contributed by atoms with Crippen molar-refractivity contribution in [2.24, 2.45) is 0 Å². The van der Waals surface area contributed by atoms with Gasteiger partial charge in [-0.2, -0.15) is 0 Å². The zero-order valence-electron chi connectivity index (χ0n) is 17.9. The Morgan fingerprint density at radius 2 is 1.82 bits per heavy atom. The highest BCUT2D eigenvalue weighted by Gasteiger charge is 2.19. The van der Waals surface area contributed by atoms with E-state index >= 15 is 0 Å². The van der Waals surface area contributed by atoms with Crippen LogP contribution in [0.25, 0.3) is 21.3 Å². The fourth-order valence-corrected chi connectivity index (χ4v) is 4.87. The Morgan fingerprint density at radius 3 is 2.45 bits per heavy atom. The number of aryl methyl sites for hydroxylation is 1. The summed E-state index contributed by atoms with van der Waals surface area (Å²) in [5.41, 5.74) is 2.44. The lowest BCUT2D eigenvalue weighted by atomic mass is 10.0. The van der Waals surface area contributed by atoms with Gasteiger partial charge in [-0.25, -0.2) is 9.78 Å². The third-order valence-corrected chi connectivity index (χ3v) is 6.88. The molecule has 0 saturated carbocycles. The summed E-state index contributed by atoms with van der Waals surface area (Å²) in [7, 11) is 1.31. The van der Waals surface area contributed by atoms with Crippen molar-refractivity contribution in [2.45, 2.75) is 19.9 Å². The number of rotatable bonds is 6. The molecule has 2 aromatic heterocycles. The lowest BCUT2D eigenvalue weighted by Gasteiger charge is -2.09. The minimum absolute atomic E-state index is 0.183. The van der Waals surface area contributed by atoms with E-state index in [1.165, 1.54) is 29.3 Å². The molecule has 0 radical (unpaired) electrons. The number of amides is 1. The number of carbonyl (C=O) groups excluding carboxylic acids is 2. The average molecular weight is 526 g/mol. The number of methoxy groups -OCH3 is 1. The van der Waals surface area contributed by atoms with E-state index < -0.39 is 5.97 Å². The van der Waals surface area contributed by atoms with Crippen LogP contribution in [0.5, 0.6) is 0 Å². The second-order valence-electron chi connectivity index (χ2n) is 7.24. The van der Waals surface area contributed by atoms with Gasteiger partial charge in [-0.05, 0) is 48.4 Å². The summed E-state index contributed by atoms with van der Waals surface area (Å²) in [5, 5.41) is 3.26. The molecule has 7 nitrogen and oxygen atoms in total. The number of fused-ring (bicyclic) bond motifs is 1. The number of halogens is 1. The average Bonchev–Trinajstić information content (AvgIpc) is 3.21. The highest BCUT2D eigenvalue weighted by Crippen LogP contribution is 2.36. The number of aromatic nitrogens is 2. The number of nitrogens with one attached hydrogen (secondary N) is 1. The van der Waals surface area contributed by atoms with E-state index in [9.17, 15) is 14.4 Å². The number of ether oxygens (including phenoxy) is 1. The molecule has 0 aliphatic heterocycles. The molecule has 0 unspecified atom stereocenters. The lowest BCUT2D eigenvalue weighted by Crippen LogP contribution is -2.27. The molecule has 0 atom stereocenters. The molecule has 0 spiro atoms. The topological polar surface area (TPSA) is 90.3 Å². The molecule has 33 heavy (non-hydrogen) atoms. The highest BCUT2D eigenvalue weighted by atomic mass is 79.9. The third-order valence-electron chi connectivity index (χ3n) is 5.11. The quantitative estimate of drug-likeness (QED) is 0.362. The Labute approximate surface area is 202 Å². The third kappa shape index (κ3) is 4.74. The van der Waals surface area contributed by atoms with Gasteiger partial charge in [0.25, 0.3) is 5.56 Å². The van der Waals surface area contributed by atoms with Crippen LogP contribution in [0.3, 0.4) is 0 Å². The number of benzene rings is 2. The molecule has 0 bridgehead atoms. The van der Waals surface area contributed by atoms with Crippen LogP contribution < -0.4 is 10.9 Å². The van der Waals surface area contributed by atoms with E-state index in [1.54, 1.807) is 24.3 Å². The summed E-state index contributed by atoms with van der Waals surface area (Å²) in [6.07, 6.45) is 2.18. The zero-order chi connectivity index (χ0) is 23.5. The molecule has 0 aliphatic carbocycles. The second-order valence-corrected chi connectivity index (χ2v) is 9.23. The monoisotopic (exact) mass is 525 g/mol. The number of anilines is 1. The largest absolute Gasteiger partial charge is 0.465 e. The molecule has 0 saturated heterocycles. The normalized spacial score (nSPS) is 10.9. The Balaban J connectivity index is 1.63. The van der Waals surface area contributed by atoms with Crippen LogP contribution >= 0.6 is 27.3 Å². The number of thiophene rings is 1. The first-order valence-corrected chi connectivity index (χ1v) is 11.8. The summed E-state index contributed by atoms with van der Waals surface area (Å²) in [5.74, 6) is -0.831. The van der Waals surface area contributed by atoms with E-state index in [1.807, 2.05) is 31.2 Å². The van der Waals surface area contributed by atoms with Crippen molar-refractivity contribution in [2.75, 3.05) is 12.4 Å². The number of hydrogen-bond donors (Lipinski definition) is 1. The van der Waals surface area contributed by atoms with Gasteiger partial charge in [0.1, 0.15) is 11.4 Å². The standard InChI is InChI=1S/C24H20BrN3O4S/c1-3-18-20(14-4-8-16(25)9-5-14)21-22(33-18)26-13-28(23(21)30)12-19(29)27-17-10-6-15(7-11-17)24(31)32-2/h4-11,13H,3,12H2,1-2H3,(H,27,29). The van der Waals surface area contributed by atoms with Gasteiger partial charge in [-0.1, -0.05) is 35.0 Å². The van der Waals surface area contributed by atoms with Gasteiger partial charge in [0.2, 0.25) is 5.91 Å². The van der Waals surface area contributed by atoms with Crippen molar-refractivity contribution in [3.8, 4) is 11.1 Å². The van der Waals surface area contributed by atoms with Gasteiger partial charge >= 0.3 is 5.97 Å². The molecule has 2 aromatic carbocycles. The smallest absolute Gasteiger partial charge is 0.337 e. The van der Waals surface area contributed by atoms with Crippen LogP contribution in [0.15, 0.2) is 64.1 Å². The van der Waals surface area contributed by atoms with Gasteiger partial charge in [0.15, 0.2) is 0 Å². The van der Waals surface area contributed by atoms with Crippen molar-refractivity contribution < 1.29 is 14.3 Å². The van der Waals surface area contributed by atoms with E-state index in [-0.39, 0.29) is 18.0 Å². The van der Waals surface area contributed by atoms with E-state index in [0.717, 1.165) is 26.9 Å². The highest BCUT2D eigenvalue weighted by molar-refractivity contribution is 9.10. The van der Waals surface area contributed by atoms with Gasteiger partial charge in [-0.15, -0.1) is 11.3 Å². The van der Waals surface area contributed by atoms with Crippen molar-refractivity contribution in [1.82, 2.24) is 9.55 Å². The molecule has 0 aliphatic rings. The molecule has 4 rings (SSSR count). The SMILES string of the molecule is CCc1sc2ncn(CC(=O)Nc3ccc(C(=O)OC)cc3)c(=O)c2c1-c1ccc(Br)cc1. The molecule has 1 amide bonds. The maximum absolute atomic E-state index is 13.3. The molecular formula is C24H20BrN3O4S. The molecule has 168 valence electrons. The molecular weight excluding hydrogens is 506 g/mol. The van der Waals surface area contributed by atoms with E-state index in [4.69, 9.17) is 0 Å². The van der Waals surface area contributed by atoms with Crippen LogP contribution in [0.4, 0.5) is 5.69 Å². The summed E-state index contributed by atoms with van der Waals surface area (Å²) in [6, 6.07) is 14.1. The summed E-state index contributed by atoms with van der Waals surface area (Å²) in [6.45, 7) is 1.86. The fraction of sp³-hybridized carbons (Fsp3) is 0.167. The number of hydrogen-bond acceptors (Lipinski definition) is 6. The molecule has 0 fully saturated rings. The van der Waals surface area contributed by atoms with E-state index in [0.29, 0.717) is 21.5 Å². The molecule has 4 aromatic rings. The number of carbonyl (C=O) groups is 2. The van der Waals surface area contributed by atoms with Crippen molar-refractivity contribution in [1.29, 1.82) is 0 Å². The Hall–Kier alpha value is -3.30. The molecule has 1 N–H and O–H groups in total. The Morgan fingerprint density at radius 1 is 1.12 bits per heavy atom. The first-order chi connectivity index (χ1) is 15.9. The predicted molar refractivity (Wildman–Crippen MR) is 133 cm³/mol. The van der Waals surface area contributed by atoms with Crippen molar-refractivity contribution >= 4 is 55.0 Å². The molecule has 9 heteroatoms. The Bertz CT molecular complexity index is 1390. The van der Waals surface area contributed by atoms with Gasteiger partial charge < -0.3 is 10.1 Å². The van der Waals surface area contributed by atoms with E-state index in [2.05, 4.69) is 31.0 Å². The Kier molecular flexibility index (Phi) is 6.71. The summed E-state index contributed by atoms with van der Waals surface area (Å²) in [4.78, 5) is 43.7. The van der Waals surface area contributed by atoms with Crippen molar-refractivity contribution in [3.63, 3.8) is 0 Å². The minimum atomic E-state index is -0.456. The summed E-state index contributed by atoms with van der Waals surface area (Å²) < 4.78 is 6.94. The van der Waals surface area contributed by atoms with Crippen LogP contribution in [-0.4, -0.2) is 28.5 Å². The fourth-order valence-electron chi connectivity index (χ4n) is 3.52. The molecule has 2 heterocycles. The second kappa shape index (κ2) is 9.68. The summed E-state index contributed by atoms with van der Waals surface area (Å²) >= 11 is 4.94. The first kappa shape index (κ1) is 22.9. The van der Waals surface area contributed by atoms with Gasteiger partial charge in [-0.3, -0.25) is 14.2 Å². The van der Waals surface area contributed by atoms with Crippen LogP contribution in [0, 0.1) is 0 Å².